The van der Waals surface area contributed by atoms with E-state index in [1.165, 1.54) is 12.3 Å². The molecule has 2 heterocycles. The molecule has 2 aromatic rings. The molecule has 1 saturated heterocycles. The van der Waals surface area contributed by atoms with E-state index in [1.807, 2.05) is 32.7 Å². The first kappa shape index (κ1) is 20.2. The molecule has 1 aliphatic heterocycles. The summed E-state index contributed by atoms with van der Waals surface area (Å²) in [6.07, 6.45) is -2.77. The van der Waals surface area contributed by atoms with E-state index in [2.05, 4.69) is 4.98 Å². The van der Waals surface area contributed by atoms with Gasteiger partial charge >= 0.3 is 12.3 Å². The molecule has 8 heteroatoms. The van der Waals surface area contributed by atoms with Crippen molar-refractivity contribution in [3.8, 4) is 0 Å². The van der Waals surface area contributed by atoms with Gasteiger partial charge in [-0.05, 0) is 51.5 Å². The summed E-state index contributed by atoms with van der Waals surface area (Å²) in [5.41, 5.74) is -0.730. The number of pyridine rings is 1. The second-order valence-corrected chi connectivity index (χ2v) is 8.01. The summed E-state index contributed by atoms with van der Waals surface area (Å²) in [5.74, 6) is 0. The number of carbonyl (C=O) groups is 1. The second-order valence-electron chi connectivity index (χ2n) is 8.01. The monoisotopic (exact) mass is 395 g/mol. The predicted molar refractivity (Wildman–Crippen MR) is 101 cm³/mol. The van der Waals surface area contributed by atoms with Crippen molar-refractivity contribution in [2.24, 2.45) is 0 Å². The quantitative estimate of drug-likeness (QED) is 0.740. The lowest BCUT2D eigenvalue weighted by molar-refractivity contribution is -0.136. The molecule has 3 rings (SSSR count). The van der Waals surface area contributed by atoms with Crippen molar-refractivity contribution in [1.82, 2.24) is 9.88 Å². The maximum Gasteiger partial charge on any atom is 0.418 e. The molecule has 0 unspecified atom stereocenters. The third-order valence-corrected chi connectivity index (χ3v) is 4.79. The van der Waals surface area contributed by atoms with Crippen LogP contribution < -0.4 is 4.90 Å². The number of likely N-dealkylation sites (N-methyl/N-ethyl adjacent to an activating group) is 1. The smallest absolute Gasteiger partial charge is 0.418 e. The van der Waals surface area contributed by atoms with Crippen molar-refractivity contribution in [3.63, 3.8) is 0 Å². The van der Waals surface area contributed by atoms with Crippen LogP contribution in [-0.4, -0.2) is 47.8 Å². The Morgan fingerprint density at radius 2 is 1.96 bits per heavy atom. The highest BCUT2D eigenvalue weighted by Crippen LogP contribution is 2.38. The highest BCUT2D eigenvalue weighted by Gasteiger charge is 2.35. The lowest BCUT2D eigenvalue weighted by Gasteiger charge is -2.29. The lowest BCUT2D eigenvalue weighted by atomic mass is 10.1. The Morgan fingerprint density at radius 3 is 2.61 bits per heavy atom. The number of hydrogen-bond donors (Lipinski definition) is 0. The first-order chi connectivity index (χ1) is 13.0. The molecule has 28 heavy (non-hydrogen) atoms. The van der Waals surface area contributed by atoms with E-state index in [0.717, 1.165) is 6.07 Å². The van der Waals surface area contributed by atoms with Gasteiger partial charge in [-0.2, -0.15) is 13.2 Å². The number of halogens is 3. The SMILES string of the molecule is CN(c1ccc(C(F)(F)F)c2ncccc12)[C@H]1CCN(C(=O)OC(C)(C)C)C1. The highest BCUT2D eigenvalue weighted by molar-refractivity contribution is 5.94. The van der Waals surface area contributed by atoms with Gasteiger partial charge in [-0.25, -0.2) is 4.79 Å². The molecule has 1 amide bonds. The Morgan fingerprint density at radius 1 is 1.25 bits per heavy atom. The molecule has 1 aliphatic rings. The molecule has 1 atom stereocenters. The molecular formula is C20H24F3N3O2. The Kier molecular flexibility index (Phi) is 5.16. The molecular weight excluding hydrogens is 371 g/mol. The molecule has 0 saturated carbocycles. The zero-order chi connectivity index (χ0) is 20.7. The average molecular weight is 395 g/mol. The molecule has 0 spiro atoms. The summed E-state index contributed by atoms with van der Waals surface area (Å²) in [5, 5.41) is 0.440. The van der Waals surface area contributed by atoms with Gasteiger partial charge < -0.3 is 14.5 Å². The number of hydrogen-bond acceptors (Lipinski definition) is 4. The number of fused-ring (bicyclic) bond motifs is 1. The number of carbonyl (C=O) groups excluding carboxylic acids is 1. The number of likely N-dealkylation sites (tertiary alicyclic amines) is 1. The third-order valence-electron chi connectivity index (χ3n) is 4.79. The largest absolute Gasteiger partial charge is 0.444 e. The first-order valence-electron chi connectivity index (χ1n) is 9.13. The topological polar surface area (TPSA) is 45.7 Å². The Balaban J connectivity index is 1.85. The van der Waals surface area contributed by atoms with Crippen LogP contribution in [-0.2, 0) is 10.9 Å². The minimum atomic E-state index is -4.47. The number of benzene rings is 1. The number of anilines is 1. The maximum absolute atomic E-state index is 13.3. The third kappa shape index (κ3) is 4.15. The summed E-state index contributed by atoms with van der Waals surface area (Å²) in [6, 6.07) is 5.79. The van der Waals surface area contributed by atoms with E-state index in [1.54, 1.807) is 17.0 Å². The van der Waals surface area contributed by atoms with Gasteiger partial charge in [0.15, 0.2) is 0 Å². The molecule has 5 nitrogen and oxygen atoms in total. The number of nitrogens with zero attached hydrogens (tertiary/aromatic N) is 3. The van der Waals surface area contributed by atoms with E-state index in [-0.39, 0.29) is 17.7 Å². The normalized spacial score (nSPS) is 17.8. The van der Waals surface area contributed by atoms with E-state index in [4.69, 9.17) is 4.74 Å². The van der Waals surface area contributed by atoms with Crippen LogP contribution in [0, 0.1) is 0 Å². The molecule has 152 valence electrons. The predicted octanol–water partition coefficient (Wildman–Crippen LogP) is 4.70. The fourth-order valence-corrected chi connectivity index (χ4v) is 3.44. The molecule has 0 bridgehead atoms. The van der Waals surface area contributed by atoms with Gasteiger partial charge in [0.05, 0.1) is 11.1 Å². The Bertz CT molecular complexity index is 877. The van der Waals surface area contributed by atoms with Crippen LogP contribution in [0.4, 0.5) is 23.7 Å². The maximum atomic E-state index is 13.3. The fraction of sp³-hybridized carbons (Fsp3) is 0.500. The Hall–Kier alpha value is -2.51. The van der Waals surface area contributed by atoms with E-state index in [0.29, 0.717) is 30.6 Å². The lowest BCUT2D eigenvalue weighted by Crippen LogP contribution is -2.39. The number of alkyl halides is 3. The van der Waals surface area contributed by atoms with Gasteiger partial charge in [-0.15, -0.1) is 0 Å². The standard InChI is InChI=1S/C20H24F3N3O2/c1-19(2,3)28-18(27)26-11-9-13(12-26)25(4)16-8-7-15(20(21,22)23)17-14(16)6-5-10-24-17/h5-8,10,13H,9,11-12H2,1-4H3/t13-/m0/s1. The average Bonchev–Trinajstić information content (AvgIpc) is 3.08. The van der Waals surface area contributed by atoms with Crippen molar-refractivity contribution in [2.75, 3.05) is 25.0 Å². The van der Waals surface area contributed by atoms with Crippen LogP contribution in [0.15, 0.2) is 30.5 Å². The minimum Gasteiger partial charge on any atom is -0.444 e. The van der Waals surface area contributed by atoms with Crippen molar-refractivity contribution >= 4 is 22.7 Å². The van der Waals surface area contributed by atoms with Gasteiger partial charge in [0.1, 0.15) is 5.60 Å². The first-order valence-corrected chi connectivity index (χ1v) is 9.13. The summed E-state index contributed by atoms with van der Waals surface area (Å²) < 4.78 is 45.4. The summed E-state index contributed by atoms with van der Waals surface area (Å²) in [6.45, 7) is 6.43. The summed E-state index contributed by atoms with van der Waals surface area (Å²) >= 11 is 0. The van der Waals surface area contributed by atoms with E-state index in [9.17, 15) is 18.0 Å². The number of rotatable bonds is 2. The molecule has 1 fully saturated rings. The zero-order valence-corrected chi connectivity index (χ0v) is 16.4. The zero-order valence-electron chi connectivity index (χ0n) is 16.4. The molecule has 1 aromatic heterocycles. The van der Waals surface area contributed by atoms with Crippen molar-refractivity contribution in [1.29, 1.82) is 0 Å². The van der Waals surface area contributed by atoms with Gasteiger partial charge in [-0.3, -0.25) is 4.98 Å². The van der Waals surface area contributed by atoms with Gasteiger partial charge in [-0.1, -0.05) is 0 Å². The molecule has 0 aliphatic carbocycles. The second kappa shape index (κ2) is 7.14. The van der Waals surface area contributed by atoms with E-state index < -0.39 is 17.3 Å². The highest BCUT2D eigenvalue weighted by atomic mass is 19.4. The van der Waals surface area contributed by atoms with Gasteiger partial charge in [0.25, 0.3) is 0 Å². The Labute approximate surface area is 162 Å². The van der Waals surface area contributed by atoms with Crippen LogP contribution in [0.2, 0.25) is 0 Å². The van der Waals surface area contributed by atoms with Gasteiger partial charge in [0.2, 0.25) is 0 Å². The summed E-state index contributed by atoms with van der Waals surface area (Å²) in [4.78, 5) is 19.8. The summed E-state index contributed by atoms with van der Waals surface area (Å²) in [7, 11) is 1.83. The molecule has 1 aromatic carbocycles. The fourth-order valence-electron chi connectivity index (χ4n) is 3.44. The van der Waals surface area contributed by atoms with Crippen molar-refractivity contribution < 1.29 is 22.7 Å². The van der Waals surface area contributed by atoms with E-state index >= 15 is 0 Å². The minimum absolute atomic E-state index is 0.0207. The molecule has 0 N–H and O–H groups in total. The van der Waals surface area contributed by atoms with Crippen LogP contribution in [0.3, 0.4) is 0 Å². The van der Waals surface area contributed by atoms with Crippen LogP contribution in [0.1, 0.15) is 32.8 Å². The van der Waals surface area contributed by atoms with Crippen LogP contribution in [0.25, 0.3) is 10.9 Å². The van der Waals surface area contributed by atoms with Crippen LogP contribution >= 0.6 is 0 Å². The van der Waals surface area contributed by atoms with Gasteiger partial charge in [0, 0.05) is 43.4 Å². The van der Waals surface area contributed by atoms with Crippen LogP contribution in [0.5, 0.6) is 0 Å². The number of amides is 1. The van der Waals surface area contributed by atoms with Crippen molar-refractivity contribution in [3.05, 3.63) is 36.0 Å². The number of aromatic nitrogens is 1. The number of ether oxygens (including phenoxy) is 1. The molecule has 0 radical (unpaired) electrons. The van der Waals surface area contributed by atoms with Crippen molar-refractivity contribution in [2.45, 2.75) is 45.0 Å².